The Morgan fingerprint density at radius 2 is 2.56 bits per heavy atom. The van der Waals surface area contributed by atoms with Crippen molar-refractivity contribution < 1.29 is 0 Å². The van der Waals surface area contributed by atoms with Gasteiger partial charge in [-0.05, 0) is 17.4 Å². The first kappa shape index (κ1) is 6.83. The number of hydrogen-bond donors (Lipinski definition) is 1. The van der Waals surface area contributed by atoms with Gasteiger partial charge in [-0.15, -0.1) is 0 Å². The lowest BCUT2D eigenvalue weighted by Gasteiger charge is -1.90. The first-order valence-corrected chi connectivity index (χ1v) is 6.68. The minimum Gasteiger partial charge on any atom is -0.369 e. The van der Waals surface area contributed by atoms with Gasteiger partial charge in [-0.2, -0.15) is 0 Å². The molecule has 3 heteroatoms. The lowest BCUT2D eigenvalue weighted by atomic mass is 10.7. The molecule has 1 aromatic rings. The SMILES string of the molecule is [SiH3]CC[SiH2]c1ccc[nH]1. The lowest BCUT2D eigenvalue weighted by Crippen LogP contribution is -2.13. The third kappa shape index (κ3) is 2.19. The second-order valence-corrected chi connectivity index (χ2v) is 5.27. The van der Waals surface area contributed by atoms with Gasteiger partial charge in [0.25, 0.3) is 0 Å². The van der Waals surface area contributed by atoms with E-state index in [2.05, 4.69) is 17.1 Å². The number of nitrogens with one attached hydrogen (secondary N) is 1. The Bertz CT molecular complexity index is 148. The fraction of sp³-hybridized carbons (Fsp3) is 0.333. The van der Waals surface area contributed by atoms with Gasteiger partial charge in [0.1, 0.15) is 0 Å². The molecule has 0 saturated carbocycles. The van der Waals surface area contributed by atoms with Gasteiger partial charge >= 0.3 is 0 Å². The van der Waals surface area contributed by atoms with Crippen LogP contribution in [0.1, 0.15) is 0 Å². The first-order valence-electron chi connectivity index (χ1n) is 3.55. The van der Waals surface area contributed by atoms with E-state index >= 15 is 0 Å². The van der Waals surface area contributed by atoms with Crippen molar-refractivity contribution in [3.8, 4) is 0 Å². The van der Waals surface area contributed by atoms with Crippen LogP contribution in [0, 0.1) is 0 Å². The van der Waals surface area contributed by atoms with Crippen molar-refractivity contribution in [3.05, 3.63) is 18.3 Å². The maximum absolute atomic E-state index is 3.25. The molecule has 0 saturated heterocycles. The molecule has 0 aliphatic heterocycles. The van der Waals surface area contributed by atoms with E-state index in [1.54, 1.807) is 0 Å². The molecule has 1 aromatic heterocycles. The number of hydrogen-bond acceptors (Lipinski definition) is 0. The van der Waals surface area contributed by atoms with E-state index in [1.807, 2.05) is 6.20 Å². The minimum absolute atomic E-state index is 0.110. The Morgan fingerprint density at radius 1 is 1.67 bits per heavy atom. The number of rotatable bonds is 3. The summed E-state index contributed by atoms with van der Waals surface area (Å²) >= 11 is 0. The zero-order chi connectivity index (χ0) is 6.53. The highest BCUT2D eigenvalue weighted by atomic mass is 28.2. The van der Waals surface area contributed by atoms with E-state index in [9.17, 15) is 0 Å². The van der Waals surface area contributed by atoms with Gasteiger partial charge in [0.05, 0.1) is 9.52 Å². The Balaban J connectivity index is 2.30. The summed E-state index contributed by atoms with van der Waals surface area (Å²) in [5, 5.41) is 1.52. The van der Waals surface area contributed by atoms with E-state index in [-0.39, 0.29) is 9.52 Å². The molecule has 0 unspecified atom stereocenters. The van der Waals surface area contributed by atoms with E-state index in [0.717, 1.165) is 0 Å². The number of H-pyrrole nitrogens is 1. The molecule has 1 N–H and O–H groups in total. The second kappa shape index (κ2) is 3.68. The zero-order valence-electron chi connectivity index (χ0n) is 5.85. The van der Waals surface area contributed by atoms with Crippen LogP contribution in [0.2, 0.25) is 12.1 Å². The van der Waals surface area contributed by atoms with E-state index in [4.69, 9.17) is 0 Å². The smallest absolute Gasteiger partial charge is 0.0751 e. The van der Waals surface area contributed by atoms with Crippen molar-refractivity contribution in [2.75, 3.05) is 0 Å². The van der Waals surface area contributed by atoms with Crippen molar-refractivity contribution in [2.45, 2.75) is 12.1 Å². The quantitative estimate of drug-likeness (QED) is 0.540. The lowest BCUT2D eigenvalue weighted by molar-refractivity contribution is 1.41. The maximum Gasteiger partial charge on any atom is 0.0751 e. The molecule has 1 nitrogen and oxygen atoms in total. The molecule has 0 spiro atoms. The summed E-state index contributed by atoms with van der Waals surface area (Å²) in [7, 11) is 1.49. The molecule has 50 valence electrons. The summed E-state index contributed by atoms with van der Waals surface area (Å²) < 4.78 is 0. The second-order valence-electron chi connectivity index (χ2n) is 2.30. The highest BCUT2D eigenvalue weighted by Gasteiger charge is 1.89. The summed E-state index contributed by atoms with van der Waals surface area (Å²) in [5.74, 6) is 0. The molecule has 0 fully saturated rings. The van der Waals surface area contributed by atoms with Gasteiger partial charge in [0, 0.05) is 16.4 Å². The third-order valence-corrected chi connectivity index (χ3v) is 5.62. The normalized spacial score (nSPS) is 11.6. The van der Waals surface area contributed by atoms with Crippen molar-refractivity contribution >= 4 is 25.1 Å². The van der Waals surface area contributed by atoms with Crippen LogP contribution in [0.3, 0.4) is 0 Å². The fourth-order valence-electron chi connectivity index (χ4n) is 0.890. The molecular formula is C6H13NSi2. The Kier molecular flexibility index (Phi) is 2.80. The van der Waals surface area contributed by atoms with Crippen LogP contribution in [-0.2, 0) is 0 Å². The molecule has 1 heterocycles. The average Bonchev–Trinajstić information content (AvgIpc) is 2.34. The van der Waals surface area contributed by atoms with Crippen LogP contribution in [0.15, 0.2) is 18.3 Å². The molecule has 0 aliphatic rings. The summed E-state index contributed by atoms with van der Waals surface area (Å²) in [6, 6.07) is 7.27. The van der Waals surface area contributed by atoms with E-state index < -0.39 is 0 Å². The molecule has 9 heavy (non-hydrogen) atoms. The standard InChI is InChI=1S/C6H13NSi2/c8-4-5-9-6-2-1-3-7-6/h1-3,7H,4-5,9H2,8H3. The van der Waals surface area contributed by atoms with Gasteiger partial charge in [-0.3, -0.25) is 0 Å². The van der Waals surface area contributed by atoms with Gasteiger partial charge in [0.2, 0.25) is 0 Å². The molecular weight excluding hydrogens is 142 g/mol. The van der Waals surface area contributed by atoms with Gasteiger partial charge in [0.15, 0.2) is 0 Å². The van der Waals surface area contributed by atoms with Crippen LogP contribution in [-0.4, -0.2) is 24.7 Å². The van der Waals surface area contributed by atoms with Gasteiger partial charge < -0.3 is 4.98 Å². The largest absolute Gasteiger partial charge is 0.369 e. The monoisotopic (exact) mass is 155 g/mol. The van der Waals surface area contributed by atoms with Crippen LogP contribution < -0.4 is 5.32 Å². The summed E-state index contributed by atoms with van der Waals surface area (Å²) in [6.07, 6.45) is 2.02. The molecule has 0 radical (unpaired) electrons. The van der Waals surface area contributed by atoms with Crippen molar-refractivity contribution in [3.63, 3.8) is 0 Å². The van der Waals surface area contributed by atoms with Crippen LogP contribution >= 0.6 is 0 Å². The summed E-state index contributed by atoms with van der Waals surface area (Å²) in [5.41, 5.74) is 0. The zero-order valence-corrected chi connectivity index (χ0v) is 9.27. The fourth-order valence-corrected chi connectivity index (χ4v) is 3.25. The summed E-state index contributed by atoms with van der Waals surface area (Å²) in [4.78, 5) is 3.25. The van der Waals surface area contributed by atoms with Gasteiger partial charge in [-0.1, -0.05) is 12.1 Å². The Labute approximate surface area is 61.1 Å². The Morgan fingerprint density at radius 3 is 3.11 bits per heavy atom. The molecule has 1 rings (SSSR count). The van der Waals surface area contributed by atoms with Crippen molar-refractivity contribution in [1.29, 1.82) is 0 Å². The van der Waals surface area contributed by atoms with Crippen LogP contribution in [0.25, 0.3) is 0 Å². The number of aromatic nitrogens is 1. The van der Waals surface area contributed by atoms with Crippen molar-refractivity contribution in [1.82, 2.24) is 4.98 Å². The maximum atomic E-state index is 3.25. The van der Waals surface area contributed by atoms with Crippen LogP contribution in [0.5, 0.6) is 0 Å². The molecule has 0 aliphatic carbocycles. The highest BCUT2D eigenvalue weighted by molar-refractivity contribution is 6.53. The third-order valence-electron chi connectivity index (χ3n) is 1.46. The van der Waals surface area contributed by atoms with Gasteiger partial charge in [-0.25, -0.2) is 0 Å². The average molecular weight is 155 g/mol. The molecule has 0 bridgehead atoms. The minimum atomic E-state index is 0.110. The highest BCUT2D eigenvalue weighted by Crippen LogP contribution is 1.83. The summed E-state index contributed by atoms with van der Waals surface area (Å²) in [6.45, 7) is 0. The van der Waals surface area contributed by atoms with E-state index in [1.165, 1.54) is 27.6 Å². The predicted molar refractivity (Wildman–Crippen MR) is 48.5 cm³/mol. The van der Waals surface area contributed by atoms with Crippen molar-refractivity contribution in [2.24, 2.45) is 0 Å². The first-order chi connectivity index (χ1) is 4.43. The van der Waals surface area contributed by atoms with E-state index in [0.29, 0.717) is 0 Å². The molecule has 0 aromatic carbocycles. The number of aromatic amines is 1. The Hall–Kier alpha value is -0.286. The van der Waals surface area contributed by atoms with Crippen LogP contribution in [0.4, 0.5) is 0 Å². The molecule has 0 atom stereocenters. The predicted octanol–water partition coefficient (Wildman–Crippen LogP) is -0.989. The topological polar surface area (TPSA) is 15.8 Å². The molecule has 0 amide bonds.